The highest BCUT2D eigenvalue weighted by molar-refractivity contribution is 4.76. The van der Waals surface area contributed by atoms with Crippen LogP contribution in [0, 0.1) is 11.8 Å². The van der Waals surface area contributed by atoms with Gasteiger partial charge in [0.05, 0.1) is 0 Å². The second-order valence-electron chi connectivity index (χ2n) is 3.18. The number of nitrogens with one attached hydrogen (secondary N) is 1. The Kier molecular flexibility index (Phi) is 2.52. The predicted molar refractivity (Wildman–Crippen MR) is 40.4 cm³/mol. The fourth-order valence-electron chi connectivity index (χ4n) is 1.62. The quantitative estimate of drug-likeness (QED) is 0.594. The van der Waals surface area contributed by atoms with Crippen molar-refractivity contribution in [2.75, 3.05) is 13.1 Å². The van der Waals surface area contributed by atoms with Crippen molar-refractivity contribution in [1.82, 2.24) is 5.32 Å². The van der Waals surface area contributed by atoms with Crippen LogP contribution in [0.2, 0.25) is 0 Å². The third-order valence-electron chi connectivity index (χ3n) is 2.34. The van der Waals surface area contributed by atoms with Crippen molar-refractivity contribution in [2.45, 2.75) is 26.7 Å². The molecule has 1 rings (SSSR count). The molecular weight excluding hydrogens is 110 g/mol. The minimum absolute atomic E-state index is 0.921. The zero-order valence-corrected chi connectivity index (χ0v) is 6.48. The molecule has 1 heteroatoms. The molecule has 0 aromatic heterocycles. The van der Waals surface area contributed by atoms with Gasteiger partial charge in [0.15, 0.2) is 0 Å². The van der Waals surface area contributed by atoms with E-state index in [1.54, 1.807) is 0 Å². The van der Waals surface area contributed by atoms with E-state index in [9.17, 15) is 0 Å². The summed E-state index contributed by atoms with van der Waals surface area (Å²) < 4.78 is 0. The van der Waals surface area contributed by atoms with Crippen molar-refractivity contribution >= 4 is 0 Å². The van der Waals surface area contributed by atoms with E-state index >= 15 is 0 Å². The SMILES string of the molecule is CCC[C@@H]1CNC[C@H]1C. The number of hydrogen-bond donors (Lipinski definition) is 1. The van der Waals surface area contributed by atoms with E-state index in [0.717, 1.165) is 11.8 Å². The van der Waals surface area contributed by atoms with Gasteiger partial charge in [-0.05, 0) is 31.3 Å². The topological polar surface area (TPSA) is 12.0 Å². The minimum atomic E-state index is 0.921. The summed E-state index contributed by atoms with van der Waals surface area (Å²) in [5, 5.41) is 3.41. The largest absolute Gasteiger partial charge is 0.316 e. The highest BCUT2D eigenvalue weighted by Gasteiger charge is 2.21. The molecule has 0 radical (unpaired) electrons. The fraction of sp³-hybridized carbons (Fsp3) is 1.00. The lowest BCUT2D eigenvalue weighted by Gasteiger charge is -2.11. The molecule has 1 heterocycles. The molecule has 1 saturated heterocycles. The zero-order chi connectivity index (χ0) is 6.69. The Hall–Kier alpha value is -0.0400. The smallest absolute Gasteiger partial charge is 0.00174 e. The highest BCUT2D eigenvalue weighted by Crippen LogP contribution is 2.20. The van der Waals surface area contributed by atoms with E-state index in [4.69, 9.17) is 0 Å². The van der Waals surface area contributed by atoms with Gasteiger partial charge in [-0.15, -0.1) is 0 Å². The zero-order valence-electron chi connectivity index (χ0n) is 6.48. The van der Waals surface area contributed by atoms with Gasteiger partial charge in [-0.2, -0.15) is 0 Å². The van der Waals surface area contributed by atoms with Crippen LogP contribution in [0.15, 0.2) is 0 Å². The summed E-state index contributed by atoms with van der Waals surface area (Å²) in [5.41, 5.74) is 0. The van der Waals surface area contributed by atoms with Gasteiger partial charge in [-0.25, -0.2) is 0 Å². The Morgan fingerprint density at radius 3 is 2.67 bits per heavy atom. The van der Waals surface area contributed by atoms with Gasteiger partial charge >= 0.3 is 0 Å². The van der Waals surface area contributed by atoms with Gasteiger partial charge in [0.25, 0.3) is 0 Å². The molecule has 54 valence electrons. The lowest BCUT2D eigenvalue weighted by molar-refractivity contribution is 0.418. The Bertz CT molecular complexity index is 80.6. The van der Waals surface area contributed by atoms with Gasteiger partial charge in [-0.1, -0.05) is 20.3 Å². The first kappa shape index (κ1) is 7.07. The first-order chi connectivity index (χ1) is 4.34. The monoisotopic (exact) mass is 127 g/mol. The van der Waals surface area contributed by atoms with E-state index in [1.807, 2.05) is 0 Å². The molecule has 2 atom stereocenters. The molecule has 1 aliphatic heterocycles. The molecule has 0 aromatic rings. The molecule has 0 spiro atoms. The van der Waals surface area contributed by atoms with Crippen LogP contribution in [0.25, 0.3) is 0 Å². The molecule has 0 aromatic carbocycles. The summed E-state index contributed by atoms with van der Waals surface area (Å²) in [6, 6.07) is 0. The van der Waals surface area contributed by atoms with Crippen molar-refractivity contribution < 1.29 is 0 Å². The van der Waals surface area contributed by atoms with Gasteiger partial charge in [-0.3, -0.25) is 0 Å². The molecule has 0 bridgehead atoms. The Labute approximate surface area is 57.8 Å². The van der Waals surface area contributed by atoms with E-state index in [0.29, 0.717) is 0 Å². The molecule has 0 aliphatic carbocycles. The van der Waals surface area contributed by atoms with Crippen molar-refractivity contribution in [1.29, 1.82) is 0 Å². The minimum Gasteiger partial charge on any atom is -0.316 e. The molecule has 1 aliphatic rings. The normalized spacial score (nSPS) is 35.3. The average molecular weight is 127 g/mol. The Balaban J connectivity index is 2.22. The van der Waals surface area contributed by atoms with E-state index < -0.39 is 0 Å². The first-order valence-corrected chi connectivity index (χ1v) is 4.05. The lowest BCUT2D eigenvalue weighted by Crippen LogP contribution is -2.08. The number of rotatable bonds is 2. The van der Waals surface area contributed by atoms with Crippen LogP contribution in [-0.2, 0) is 0 Å². The van der Waals surface area contributed by atoms with Crippen molar-refractivity contribution in [3.63, 3.8) is 0 Å². The summed E-state index contributed by atoms with van der Waals surface area (Å²) in [6.07, 6.45) is 2.75. The van der Waals surface area contributed by atoms with Crippen molar-refractivity contribution in [2.24, 2.45) is 11.8 Å². The summed E-state index contributed by atoms with van der Waals surface area (Å²) >= 11 is 0. The molecular formula is C8H17N. The first-order valence-electron chi connectivity index (χ1n) is 4.05. The molecule has 9 heavy (non-hydrogen) atoms. The van der Waals surface area contributed by atoms with Gasteiger partial charge in [0, 0.05) is 0 Å². The summed E-state index contributed by atoms with van der Waals surface area (Å²) in [5.74, 6) is 1.89. The van der Waals surface area contributed by atoms with Crippen LogP contribution in [-0.4, -0.2) is 13.1 Å². The van der Waals surface area contributed by atoms with Gasteiger partial charge < -0.3 is 5.32 Å². The van der Waals surface area contributed by atoms with Crippen molar-refractivity contribution in [3.8, 4) is 0 Å². The molecule has 1 N–H and O–H groups in total. The van der Waals surface area contributed by atoms with E-state index in [1.165, 1.54) is 25.9 Å². The molecule has 0 unspecified atom stereocenters. The van der Waals surface area contributed by atoms with Crippen LogP contribution >= 0.6 is 0 Å². The molecule has 0 saturated carbocycles. The van der Waals surface area contributed by atoms with Crippen molar-refractivity contribution in [3.05, 3.63) is 0 Å². The van der Waals surface area contributed by atoms with E-state index in [2.05, 4.69) is 19.2 Å². The van der Waals surface area contributed by atoms with Crippen LogP contribution in [0.4, 0.5) is 0 Å². The summed E-state index contributed by atoms with van der Waals surface area (Å²) in [6.45, 7) is 7.12. The van der Waals surface area contributed by atoms with Crippen LogP contribution in [0.5, 0.6) is 0 Å². The maximum absolute atomic E-state index is 3.41. The maximum Gasteiger partial charge on any atom is -0.00174 e. The van der Waals surface area contributed by atoms with Gasteiger partial charge in [0.1, 0.15) is 0 Å². The van der Waals surface area contributed by atoms with Gasteiger partial charge in [0.2, 0.25) is 0 Å². The highest BCUT2D eigenvalue weighted by atomic mass is 14.9. The van der Waals surface area contributed by atoms with Crippen LogP contribution in [0.1, 0.15) is 26.7 Å². The Morgan fingerprint density at radius 1 is 1.44 bits per heavy atom. The molecule has 1 fully saturated rings. The average Bonchev–Trinajstić information content (AvgIpc) is 2.18. The standard InChI is InChI=1S/C8H17N/c1-3-4-8-6-9-5-7(8)2/h7-9H,3-6H2,1-2H3/t7-,8-/m1/s1. The Morgan fingerprint density at radius 2 is 2.22 bits per heavy atom. The maximum atomic E-state index is 3.41. The molecule has 0 amide bonds. The van der Waals surface area contributed by atoms with E-state index in [-0.39, 0.29) is 0 Å². The second kappa shape index (κ2) is 3.21. The molecule has 1 nitrogen and oxygen atoms in total. The lowest BCUT2D eigenvalue weighted by atomic mass is 9.94. The summed E-state index contributed by atoms with van der Waals surface area (Å²) in [7, 11) is 0. The van der Waals surface area contributed by atoms with Crippen LogP contribution < -0.4 is 5.32 Å². The summed E-state index contributed by atoms with van der Waals surface area (Å²) in [4.78, 5) is 0. The van der Waals surface area contributed by atoms with Crippen LogP contribution in [0.3, 0.4) is 0 Å². The number of hydrogen-bond acceptors (Lipinski definition) is 1. The fourth-order valence-corrected chi connectivity index (χ4v) is 1.62. The second-order valence-corrected chi connectivity index (χ2v) is 3.18. The third kappa shape index (κ3) is 1.68. The predicted octanol–water partition coefficient (Wildman–Crippen LogP) is 1.64. The third-order valence-corrected chi connectivity index (χ3v) is 2.34.